The highest BCUT2D eigenvalue weighted by atomic mass is 35.5. The summed E-state index contributed by atoms with van der Waals surface area (Å²) in [5.74, 6) is -0.317. The Hall–Kier alpha value is -1.22. The molecule has 0 radical (unpaired) electrons. The molecule has 14 heavy (non-hydrogen) atoms. The first-order chi connectivity index (χ1) is 6.61. The van der Waals surface area contributed by atoms with Crippen molar-refractivity contribution in [1.82, 2.24) is 0 Å². The molecule has 0 bridgehead atoms. The average Bonchev–Trinajstić information content (AvgIpc) is 2.09. The number of anilines is 1. The minimum absolute atomic E-state index is 0.310. The van der Waals surface area contributed by atoms with Crippen molar-refractivity contribution in [3.63, 3.8) is 0 Å². The standard InChI is InChI=1S/C10H13ClN2O/c1-7-3-2-4-8(11)10(7)13-6-5-9(12)14/h2-4,13H,5-6H2,1H3,(H2,12,14). The zero-order valence-electron chi connectivity index (χ0n) is 8.01. The van der Waals surface area contributed by atoms with Crippen LogP contribution in [0.1, 0.15) is 12.0 Å². The number of benzene rings is 1. The fourth-order valence-corrected chi connectivity index (χ4v) is 1.46. The van der Waals surface area contributed by atoms with Crippen LogP contribution in [0.25, 0.3) is 0 Å². The maximum absolute atomic E-state index is 10.5. The SMILES string of the molecule is Cc1cccc(Cl)c1NCCC(N)=O. The molecule has 0 aliphatic carbocycles. The van der Waals surface area contributed by atoms with E-state index in [9.17, 15) is 4.79 Å². The second kappa shape index (κ2) is 4.86. The van der Waals surface area contributed by atoms with E-state index < -0.39 is 0 Å². The molecule has 0 aromatic heterocycles. The van der Waals surface area contributed by atoms with E-state index in [2.05, 4.69) is 5.32 Å². The first-order valence-electron chi connectivity index (χ1n) is 4.38. The number of carbonyl (C=O) groups excluding carboxylic acids is 1. The summed E-state index contributed by atoms with van der Waals surface area (Å²) in [5, 5.41) is 3.74. The molecule has 1 rings (SSSR count). The molecule has 1 aromatic carbocycles. The van der Waals surface area contributed by atoms with Crippen molar-refractivity contribution in [2.75, 3.05) is 11.9 Å². The van der Waals surface area contributed by atoms with E-state index in [1.54, 1.807) is 6.07 Å². The summed E-state index contributed by atoms with van der Waals surface area (Å²) in [7, 11) is 0. The van der Waals surface area contributed by atoms with Gasteiger partial charge in [0.05, 0.1) is 10.7 Å². The number of hydrogen-bond acceptors (Lipinski definition) is 2. The van der Waals surface area contributed by atoms with Crippen LogP contribution in [0.3, 0.4) is 0 Å². The van der Waals surface area contributed by atoms with Gasteiger partial charge in [-0.15, -0.1) is 0 Å². The van der Waals surface area contributed by atoms with E-state index in [1.807, 2.05) is 19.1 Å². The van der Waals surface area contributed by atoms with Gasteiger partial charge in [0, 0.05) is 13.0 Å². The molecule has 4 heteroatoms. The fraction of sp³-hybridized carbons (Fsp3) is 0.300. The minimum atomic E-state index is -0.317. The van der Waals surface area contributed by atoms with Gasteiger partial charge in [-0.1, -0.05) is 23.7 Å². The van der Waals surface area contributed by atoms with E-state index in [1.165, 1.54) is 0 Å². The zero-order valence-corrected chi connectivity index (χ0v) is 8.77. The number of nitrogens with two attached hydrogens (primary N) is 1. The molecule has 0 fully saturated rings. The average molecular weight is 213 g/mol. The molecule has 0 saturated carbocycles. The maximum Gasteiger partial charge on any atom is 0.219 e. The molecular formula is C10H13ClN2O. The Bertz CT molecular complexity index is 319. The van der Waals surface area contributed by atoms with Crippen molar-refractivity contribution in [1.29, 1.82) is 0 Å². The lowest BCUT2D eigenvalue weighted by atomic mass is 10.2. The van der Waals surface area contributed by atoms with Gasteiger partial charge in [-0.25, -0.2) is 0 Å². The number of amides is 1. The highest BCUT2D eigenvalue weighted by molar-refractivity contribution is 6.33. The van der Waals surface area contributed by atoms with Crippen molar-refractivity contribution < 1.29 is 4.79 Å². The van der Waals surface area contributed by atoms with Crippen LogP contribution in [0, 0.1) is 6.92 Å². The number of para-hydroxylation sites is 1. The van der Waals surface area contributed by atoms with Crippen molar-refractivity contribution in [3.8, 4) is 0 Å². The van der Waals surface area contributed by atoms with Crippen LogP contribution in [0.4, 0.5) is 5.69 Å². The highest BCUT2D eigenvalue weighted by Crippen LogP contribution is 2.24. The van der Waals surface area contributed by atoms with Gasteiger partial charge in [0.2, 0.25) is 5.91 Å². The van der Waals surface area contributed by atoms with Gasteiger partial charge in [-0.2, -0.15) is 0 Å². The lowest BCUT2D eigenvalue weighted by Crippen LogP contribution is -2.16. The van der Waals surface area contributed by atoms with Crippen LogP contribution in [0.15, 0.2) is 18.2 Å². The molecule has 0 saturated heterocycles. The number of aryl methyl sites for hydroxylation is 1. The quantitative estimate of drug-likeness (QED) is 0.802. The molecule has 3 N–H and O–H groups in total. The van der Waals surface area contributed by atoms with E-state index in [0.717, 1.165) is 11.3 Å². The van der Waals surface area contributed by atoms with Crippen LogP contribution < -0.4 is 11.1 Å². The molecule has 1 aromatic rings. The van der Waals surface area contributed by atoms with E-state index in [-0.39, 0.29) is 5.91 Å². The van der Waals surface area contributed by atoms with Gasteiger partial charge in [0.25, 0.3) is 0 Å². The van der Waals surface area contributed by atoms with Gasteiger partial charge in [0.1, 0.15) is 0 Å². The van der Waals surface area contributed by atoms with Crippen molar-refractivity contribution in [2.45, 2.75) is 13.3 Å². The summed E-state index contributed by atoms with van der Waals surface area (Å²) in [6.07, 6.45) is 0.310. The molecule has 0 spiro atoms. The van der Waals surface area contributed by atoms with Crippen LogP contribution in [0.2, 0.25) is 5.02 Å². The number of hydrogen-bond donors (Lipinski definition) is 2. The molecule has 0 atom stereocenters. The van der Waals surface area contributed by atoms with Crippen LogP contribution in [-0.2, 0) is 4.79 Å². The smallest absolute Gasteiger partial charge is 0.219 e. The summed E-state index contributed by atoms with van der Waals surface area (Å²) >= 11 is 5.97. The molecule has 0 aliphatic rings. The van der Waals surface area contributed by atoms with Gasteiger partial charge in [-0.3, -0.25) is 4.79 Å². The second-order valence-corrected chi connectivity index (χ2v) is 3.48. The Morgan fingerprint density at radius 2 is 2.29 bits per heavy atom. The minimum Gasteiger partial charge on any atom is -0.383 e. The Balaban J connectivity index is 2.62. The summed E-state index contributed by atoms with van der Waals surface area (Å²) in [5.41, 5.74) is 6.95. The summed E-state index contributed by atoms with van der Waals surface area (Å²) < 4.78 is 0. The van der Waals surface area contributed by atoms with Crippen molar-refractivity contribution >= 4 is 23.2 Å². The normalized spacial score (nSPS) is 9.86. The van der Waals surface area contributed by atoms with Gasteiger partial charge in [0.15, 0.2) is 0 Å². The third-order valence-corrected chi connectivity index (χ3v) is 2.21. The predicted octanol–water partition coefficient (Wildman–Crippen LogP) is 1.94. The lowest BCUT2D eigenvalue weighted by molar-refractivity contribution is -0.117. The van der Waals surface area contributed by atoms with Gasteiger partial charge < -0.3 is 11.1 Å². The highest BCUT2D eigenvalue weighted by Gasteiger charge is 2.02. The van der Waals surface area contributed by atoms with Gasteiger partial charge in [-0.05, 0) is 18.6 Å². The van der Waals surface area contributed by atoms with E-state index >= 15 is 0 Å². The molecule has 1 amide bonds. The Kier molecular flexibility index (Phi) is 3.77. The first kappa shape index (κ1) is 10.9. The monoisotopic (exact) mass is 212 g/mol. The summed E-state index contributed by atoms with van der Waals surface area (Å²) in [6, 6.07) is 5.65. The Morgan fingerprint density at radius 1 is 1.57 bits per heavy atom. The zero-order chi connectivity index (χ0) is 10.6. The number of nitrogens with one attached hydrogen (secondary N) is 1. The third kappa shape index (κ3) is 2.92. The number of primary amides is 1. The largest absolute Gasteiger partial charge is 0.383 e. The van der Waals surface area contributed by atoms with Crippen LogP contribution in [-0.4, -0.2) is 12.5 Å². The van der Waals surface area contributed by atoms with E-state index in [4.69, 9.17) is 17.3 Å². The fourth-order valence-electron chi connectivity index (χ4n) is 1.17. The molecule has 3 nitrogen and oxygen atoms in total. The topological polar surface area (TPSA) is 55.1 Å². The van der Waals surface area contributed by atoms with Crippen molar-refractivity contribution in [3.05, 3.63) is 28.8 Å². The van der Waals surface area contributed by atoms with Crippen LogP contribution in [0.5, 0.6) is 0 Å². The maximum atomic E-state index is 10.5. The van der Waals surface area contributed by atoms with Crippen molar-refractivity contribution in [2.24, 2.45) is 5.73 Å². The Labute approximate surface area is 88.2 Å². The first-order valence-corrected chi connectivity index (χ1v) is 4.76. The van der Waals surface area contributed by atoms with Crippen LogP contribution >= 0.6 is 11.6 Å². The second-order valence-electron chi connectivity index (χ2n) is 3.07. The molecular weight excluding hydrogens is 200 g/mol. The molecule has 76 valence electrons. The third-order valence-electron chi connectivity index (χ3n) is 1.90. The number of halogens is 1. The Morgan fingerprint density at radius 3 is 2.86 bits per heavy atom. The number of rotatable bonds is 4. The molecule has 0 unspecified atom stereocenters. The summed E-state index contributed by atoms with van der Waals surface area (Å²) in [4.78, 5) is 10.5. The predicted molar refractivity (Wildman–Crippen MR) is 58.5 cm³/mol. The molecule has 0 aliphatic heterocycles. The van der Waals surface area contributed by atoms with E-state index in [0.29, 0.717) is 18.0 Å². The van der Waals surface area contributed by atoms with Gasteiger partial charge >= 0.3 is 0 Å². The lowest BCUT2D eigenvalue weighted by Gasteiger charge is -2.09. The summed E-state index contributed by atoms with van der Waals surface area (Å²) in [6.45, 7) is 2.47. The molecule has 0 heterocycles. The number of carbonyl (C=O) groups is 1.